The average Bonchev–Trinajstić information content (AvgIpc) is 2.73. The van der Waals surface area contributed by atoms with Crippen molar-refractivity contribution in [3.63, 3.8) is 0 Å². The molecule has 2 fully saturated rings. The molecule has 1 unspecified atom stereocenters. The molecule has 3 rings (SSSR count). The number of rotatable bonds is 8. The van der Waals surface area contributed by atoms with Crippen LogP contribution >= 0.6 is 35.6 Å². The van der Waals surface area contributed by atoms with E-state index in [1.54, 1.807) is 22.5 Å². The molecule has 1 aromatic rings. The Kier molecular flexibility index (Phi) is 10.1. The van der Waals surface area contributed by atoms with E-state index in [0.717, 1.165) is 19.4 Å². The number of piperazine rings is 1. The number of halogens is 3. The molecule has 2 aliphatic heterocycles. The van der Waals surface area contributed by atoms with Crippen molar-refractivity contribution in [1.82, 2.24) is 9.21 Å². The van der Waals surface area contributed by atoms with Crippen LogP contribution in [0.25, 0.3) is 0 Å². The van der Waals surface area contributed by atoms with E-state index < -0.39 is 10.0 Å². The second-order valence-electron chi connectivity index (χ2n) is 8.13. The lowest BCUT2D eigenvalue weighted by Crippen LogP contribution is -2.61. The molecule has 0 spiro atoms. The van der Waals surface area contributed by atoms with E-state index in [-0.39, 0.29) is 29.5 Å². The van der Waals surface area contributed by atoms with E-state index in [2.05, 4.69) is 4.90 Å². The van der Waals surface area contributed by atoms with Crippen LogP contribution < -0.4 is 0 Å². The molecule has 0 aromatic heterocycles. The molecule has 10 heteroatoms. The summed E-state index contributed by atoms with van der Waals surface area (Å²) in [4.78, 5) is 15.2. The molecular weight excluding hydrogens is 483 g/mol. The van der Waals surface area contributed by atoms with Gasteiger partial charge < -0.3 is 4.74 Å². The van der Waals surface area contributed by atoms with Crippen molar-refractivity contribution in [3.05, 3.63) is 33.8 Å². The standard InChI is InChI=1S/C21H30Cl2N2O4S.ClH/c1-2-14-30(27,28)25-11-9-24(10-12-25)21(7-3-13-29-16-21)8-6-20(26)18-5-4-17(22)15-19(18)23;/h4-5,15H,2-3,6-14,16H2,1H3;1H. The number of benzene rings is 1. The smallest absolute Gasteiger partial charge is 0.214 e. The Morgan fingerprint density at radius 2 is 1.90 bits per heavy atom. The predicted molar refractivity (Wildman–Crippen MR) is 127 cm³/mol. The quantitative estimate of drug-likeness (QED) is 0.485. The van der Waals surface area contributed by atoms with Gasteiger partial charge in [-0.3, -0.25) is 9.69 Å². The van der Waals surface area contributed by atoms with Crippen LogP contribution in [0.4, 0.5) is 0 Å². The number of Topliss-reactive ketones (excluding diaryl/α,β-unsaturated/α-hetero) is 1. The molecule has 0 bridgehead atoms. The van der Waals surface area contributed by atoms with Gasteiger partial charge in [-0.05, 0) is 43.9 Å². The summed E-state index contributed by atoms with van der Waals surface area (Å²) in [5.41, 5.74) is 0.247. The molecule has 1 atom stereocenters. The van der Waals surface area contributed by atoms with E-state index in [0.29, 0.717) is 67.7 Å². The van der Waals surface area contributed by atoms with Crippen LogP contribution in [0.5, 0.6) is 0 Å². The highest BCUT2D eigenvalue weighted by atomic mass is 35.5. The Labute approximate surface area is 201 Å². The second kappa shape index (κ2) is 11.6. The first-order valence-corrected chi connectivity index (χ1v) is 12.9. The monoisotopic (exact) mass is 512 g/mol. The number of ether oxygens (including phenoxy) is 1. The van der Waals surface area contributed by atoms with Crippen molar-refractivity contribution in [2.45, 2.75) is 44.6 Å². The van der Waals surface area contributed by atoms with Gasteiger partial charge in [-0.15, -0.1) is 12.4 Å². The highest BCUT2D eigenvalue weighted by Gasteiger charge is 2.41. The molecule has 2 aliphatic rings. The zero-order valence-corrected chi connectivity index (χ0v) is 21.0. The van der Waals surface area contributed by atoms with Crippen molar-refractivity contribution < 1.29 is 17.9 Å². The van der Waals surface area contributed by atoms with Crippen LogP contribution in [0.3, 0.4) is 0 Å². The molecule has 1 aromatic carbocycles. The van der Waals surface area contributed by atoms with Gasteiger partial charge in [0.25, 0.3) is 0 Å². The highest BCUT2D eigenvalue weighted by molar-refractivity contribution is 7.89. The van der Waals surface area contributed by atoms with Crippen LogP contribution in [-0.2, 0) is 14.8 Å². The first kappa shape index (κ1) is 26.8. The molecule has 0 amide bonds. The Bertz CT molecular complexity index is 852. The minimum Gasteiger partial charge on any atom is -0.380 e. The molecule has 0 radical (unpaired) electrons. The molecule has 2 heterocycles. The molecular formula is C21H31Cl3N2O4S. The molecule has 31 heavy (non-hydrogen) atoms. The maximum atomic E-state index is 12.8. The molecule has 0 N–H and O–H groups in total. The number of hydrogen-bond acceptors (Lipinski definition) is 5. The Hall–Kier alpha value is -0.410. The largest absolute Gasteiger partial charge is 0.380 e. The minimum absolute atomic E-state index is 0. The van der Waals surface area contributed by atoms with Crippen molar-refractivity contribution in [1.29, 1.82) is 0 Å². The van der Waals surface area contributed by atoms with Gasteiger partial charge in [0, 0.05) is 55.3 Å². The van der Waals surface area contributed by atoms with E-state index >= 15 is 0 Å². The fourth-order valence-corrected chi connectivity index (χ4v) is 6.47. The van der Waals surface area contributed by atoms with Gasteiger partial charge in [0.2, 0.25) is 10.0 Å². The number of carbonyl (C=O) groups is 1. The predicted octanol–water partition coefficient (Wildman–Crippen LogP) is 4.28. The number of sulfonamides is 1. The lowest BCUT2D eigenvalue weighted by molar-refractivity contribution is -0.0639. The highest BCUT2D eigenvalue weighted by Crippen LogP contribution is 2.33. The van der Waals surface area contributed by atoms with Crippen LogP contribution in [-0.4, -0.2) is 74.1 Å². The third-order valence-electron chi connectivity index (χ3n) is 6.12. The van der Waals surface area contributed by atoms with Crippen molar-refractivity contribution in [2.75, 3.05) is 45.1 Å². The topological polar surface area (TPSA) is 66.9 Å². The summed E-state index contributed by atoms with van der Waals surface area (Å²) < 4.78 is 32.2. The number of ketones is 1. The van der Waals surface area contributed by atoms with Gasteiger partial charge in [0.1, 0.15) is 0 Å². The number of nitrogens with zero attached hydrogens (tertiary/aromatic N) is 2. The third kappa shape index (κ3) is 6.56. The maximum absolute atomic E-state index is 12.8. The summed E-state index contributed by atoms with van der Waals surface area (Å²) in [5.74, 6) is 0.184. The first-order chi connectivity index (χ1) is 14.3. The maximum Gasteiger partial charge on any atom is 0.214 e. The summed E-state index contributed by atoms with van der Waals surface area (Å²) in [6.07, 6.45) is 3.52. The Morgan fingerprint density at radius 3 is 2.48 bits per heavy atom. The molecule has 176 valence electrons. The van der Waals surface area contributed by atoms with Gasteiger partial charge in [0.15, 0.2) is 5.78 Å². The SMILES string of the molecule is CCCS(=O)(=O)N1CCN(C2(CCC(=O)c3ccc(Cl)cc3Cl)CCCOC2)CC1.Cl. The van der Waals surface area contributed by atoms with E-state index in [1.807, 2.05) is 6.92 Å². The van der Waals surface area contributed by atoms with Gasteiger partial charge in [0.05, 0.1) is 17.4 Å². The minimum atomic E-state index is -3.18. The van der Waals surface area contributed by atoms with Gasteiger partial charge in [-0.25, -0.2) is 8.42 Å². The van der Waals surface area contributed by atoms with Gasteiger partial charge in [-0.1, -0.05) is 30.1 Å². The lowest BCUT2D eigenvalue weighted by Gasteiger charge is -2.49. The third-order valence-corrected chi connectivity index (χ3v) is 8.74. The fourth-order valence-electron chi connectivity index (χ4n) is 4.47. The summed E-state index contributed by atoms with van der Waals surface area (Å²) in [6, 6.07) is 4.94. The first-order valence-electron chi connectivity index (χ1n) is 10.6. The zero-order valence-electron chi connectivity index (χ0n) is 17.8. The molecule has 0 saturated carbocycles. The number of carbonyl (C=O) groups excluding carboxylic acids is 1. The Balaban J connectivity index is 0.00000341. The Morgan fingerprint density at radius 1 is 1.19 bits per heavy atom. The van der Waals surface area contributed by atoms with Gasteiger partial charge in [-0.2, -0.15) is 4.31 Å². The van der Waals surface area contributed by atoms with Crippen molar-refractivity contribution in [2.24, 2.45) is 0 Å². The summed E-state index contributed by atoms with van der Waals surface area (Å²) in [6.45, 7) is 5.46. The van der Waals surface area contributed by atoms with E-state index in [1.165, 1.54) is 0 Å². The van der Waals surface area contributed by atoms with E-state index in [9.17, 15) is 13.2 Å². The van der Waals surface area contributed by atoms with Crippen LogP contribution in [0.1, 0.15) is 49.4 Å². The van der Waals surface area contributed by atoms with Gasteiger partial charge >= 0.3 is 0 Å². The zero-order chi connectivity index (χ0) is 21.8. The number of hydrogen-bond donors (Lipinski definition) is 0. The average molecular weight is 514 g/mol. The van der Waals surface area contributed by atoms with Crippen LogP contribution in [0.15, 0.2) is 18.2 Å². The van der Waals surface area contributed by atoms with Crippen molar-refractivity contribution >= 4 is 51.4 Å². The summed E-state index contributed by atoms with van der Waals surface area (Å²) in [7, 11) is -3.18. The van der Waals surface area contributed by atoms with E-state index in [4.69, 9.17) is 27.9 Å². The molecule has 0 aliphatic carbocycles. The van der Waals surface area contributed by atoms with Crippen LogP contribution in [0.2, 0.25) is 10.0 Å². The normalized spacial score (nSPS) is 23.3. The molecule has 6 nitrogen and oxygen atoms in total. The summed E-state index contributed by atoms with van der Waals surface area (Å²) in [5, 5.41) is 0.876. The lowest BCUT2D eigenvalue weighted by atomic mass is 9.83. The summed E-state index contributed by atoms with van der Waals surface area (Å²) >= 11 is 12.2. The molecule has 2 saturated heterocycles. The second-order valence-corrected chi connectivity index (χ2v) is 11.1. The van der Waals surface area contributed by atoms with Crippen LogP contribution in [0, 0.1) is 0 Å². The fraction of sp³-hybridized carbons (Fsp3) is 0.667. The van der Waals surface area contributed by atoms with Crippen molar-refractivity contribution in [3.8, 4) is 0 Å².